The Labute approximate surface area is 131 Å². The van der Waals surface area contributed by atoms with Gasteiger partial charge in [-0.2, -0.15) is 0 Å². The minimum Gasteiger partial charge on any atom is -0.497 e. The molecule has 0 radical (unpaired) electrons. The molecular formula is C15H23ClN2O3. The minimum absolute atomic E-state index is 0. The molecule has 5 nitrogen and oxygen atoms in total. The Hall–Kier alpha value is -1.46. The van der Waals surface area contributed by atoms with Crippen LogP contribution in [0.15, 0.2) is 18.2 Å². The van der Waals surface area contributed by atoms with Gasteiger partial charge in [0.2, 0.25) is 5.91 Å². The Balaban J connectivity index is 0.00000220. The zero-order valence-electron chi connectivity index (χ0n) is 12.5. The maximum absolute atomic E-state index is 11.9. The lowest BCUT2D eigenvalue weighted by molar-refractivity contribution is -0.115. The van der Waals surface area contributed by atoms with E-state index in [0.29, 0.717) is 30.3 Å². The van der Waals surface area contributed by atoms with Crippen molar-refractivity contribution in [3.8, 4) is 11.5 Å². The first-order valence-electron chi connectivity index (χ1n) is 7.04. The zero-order chi connectivity index (χ0) is 14.4. The van der Waals surface area contributed by atoms with Crippen LogP contribution in [0.5, 0.6) is 11.5 Å². The SMILES string of the molecule is CCOc1ccc(OC)cc1NC(=O)CNCC1CC1.Cl. The van der Waals surface area contributed by atoms with Crippen LogP contribution in [0.1, 0.15) is 19.8 Å². The van der Waals surface area contributed by atoms with Crippen molar-refractivity contribution in [3.05, 3.63) is 18.2 Å². The molecule has 0 unspecified atom stereocenters. The molecule has 1 aromatic carbocycles. The van der Waals surface area contributed by atoms with E-state index in [1.807, 2.05) is 13.0 Å². The van der Waals surface area contributed by atoms with Gasteiger partial charge in [0.1, 0.15) is 11.5 Å². The van der Waals surface area contributed by atoms with Crippen molar-refractivity contribution in [2.75, 3.05) is 32.1 Å². The number of carbonyl (C=O) groups excluding carboxylic acids is 1. The number of halogens is 1. The molecule has 0 bridgehead atoms. The second kappa shape index (κ2) is 8.74. The lowest BCUT2D eigenvalue weighted by Gasteiger charge is -2.13. The number of nitrogens with one attached hydrogen (secondary N) is 2. The third-order valence-electron chi connectivity index (χ3n) is 3.18. The minimum atomic E-state index is -0.0696. The van der Waals surface area contributed by atoms with E-state index in [9.17, 15) is 4.79 Å². The predicted molar refractivity (Wildman–Crippen MR) is 85.6 cm³/mol. The summed E-state index contributed by atoms with van der Waals surface area (Å²) in [5.41, 5.74) is 0.643. The van der Waals surface area contributed by atoms with Gasteiger partial charge in [-0.05, 0) is 44.4 Å². The Kier molecular flexibility index (Phi) is 7.32. The van der Waals surface area contributed by atoms with Gasteiger partial charge in [-0.3, -0.25) is 4.79 Å². The Bertz CT molecular complexity index is 464. The fourth-order valence-corrected chi connectivity index (χ4v) is 1.92. The van der Waals surface area contributed by atoms with Crippen molar-refractivity contribution < 1.29 is 14.3 Å². The van der Waals surface area contributed by atoms with Crippen LogP contribution in [0.2, 0.25) is 0 Å². The van der Waals surface area contributed by atoms with E-state index in [0.717, 1.165) is 12.5 Å². The molecule has 0 heterocycles. The summed E-state index contributed by atoms with van der Waals surface area (Å²) in [4.78, 5) is 11.9. The summed E-state index contributed by atoms with van der Waals surface area (Å²) in [7, 11) is 1.60. The summed E-state index contributed by atoms with van der Waals surface area (Å²) in [6.07, 6.45) is 2.55. The summed E-state index contributed by atoms with van der Waals surface area (Å²) in [6.45, 7) is 3.70. The molecule has 0 atom stereocenters. The molecule has 1 aromatic rings. The smallest absolute Gasteiger partial charge is 0.238 e. The van der Waals surface area contributed by atoms with E-state index < -0.39 is 0 Å². The highest BCUT2D eigenvalue weighted by molar-refractivity contribution is 5.94. The number of hydrogen-bond acceptors (Lipinski definition) is 4. The van der Waals surface area contributed by atoms with Crippen LogP contribution in [0.3, 0.4) is 0 Å². The number of rotatable bonds is 8. The first-order chi connectivity index (χ1) is 9.72. The van der Waals surface area contributed by atoms with Crippen LogP contribution in [0.25, 0.3) is 0 Å². The molecule has 0 aliphatic heterocycles. The number of methoxy groups -OCH3 is 1. The average molecular weight is 315 g/mol. The second-order valence-corrected chi connectivity index (χ2v) is 4.92. The van der Waals surface area contributed by atoms with Gasteiger partial charge in [0.15, 0.2) is 0 Å². The summed E-state index contributed by atoms with van der Waals surface area (Å²) >= 11 is 0. The van der Waals surface area contributed by atoms with Gasteiger partial charge in [-0.25, -0.2) is 0 Å². The van der Waals surface area contributed by atoms with Gasteiger partial charge >= 0.3 is 0 Å². The van der Waals surface area contributed by atoms with Gasteiger partial charge in [0.05, 0.1) is 25.9 Å². The van der Waals surface area contributed by atoms with E-state index in [-0.39, 0.29) is 18.3 Å². The quantitative estimate of drug-likeness (QED) is 0.774. The molecule has 118 valence electrons. The first-order valence-corrected chi connectivity index (χ1v) is 7.04. The van der Waals surface area contributed by atoms with Crippen LogP contribution in [-0.4, -0.2) is 32.7 Å². The lowest BCUT2D eigenvalue weighted by Crippen LogP contribution is -2.29. The Morgan fingerprint density at radius 1 is 1.38 bits per heavy atom. The highest BCUT2D eigenvalue weighted by Gasteiger charge is 2.20. The van der Waals surface area contributed by atoms with Crippen LogP contribution in [0.4, 0.5) is 5.69 Å². The molecule has 0 saturated heterocycles. The highest BCUT2D eigenvalue weighted by atomic mass is 35.5. The van der Waals surface area contributed by atoms with Crippen LogP contribution >= 0.6 is 12.4 Å². The van der Waals surface area contributed by atoms with Crippen LogP contribution < -0.4 is 20.1 Å². The molecule has 1 fully saturated rings. The van der Waals surface area contributed by atoms with Gasteiger partial charge in [0, 0.05) is 6.07 Å². The topological polar surface area (TPSA) is 59.6 Å². The molecule has 6 heteroatoms. The van der Waals surface area contributed by atoms with E-state index in [1.54, 1.807) is 19.2 Å². The van der Waals surface area contributed by atoms with Crippen molar-refractivity contribution >= 4 is 24.0 Å². The third-order valence-corrected chi connectivity index (χ3v) is 3.18. The molecule has 0 aromatic heterocycles. The number of hydrogen-bond donors (Lipinski definition) is 2. The summed E-state index contributed by atoms with van der Waals surface area (Å²) in [6, 6.07) is 5.38. The van der Waals surface area contributed by atoms with E-state index in [2.05, 4.69) is 10.6 Å². The molecule has 1 aliphatic rings. The highest BCUT2D eigenvalue weighted by Crippen LogP contribution is 2.29. The fraction of sp³-hybridized carbons (Fsp3) is 0.533. The van der Waals surface area contributed by atoms with E-state index >= 15 is 0 Å². The van der Waals surface area contributed by atoms with E-state index in [1.165, 1.54) is 12.8 Å². The molecule has 0 spiro atoms. The number of benzene rings is 1. The van der Waals surface area contributed by atoms with Crippen molar-refractivity contribution in [3.63, 3.8) is 0 Å². The maximum Gasteiger partial charge on any atom is 0.238 e. The van der Waals surface area contributed by atoms with Gasteiger partial charge < -0.3 is 20.1 Å². The standard InChI is InChI=1S/C15H22N2O3.ClH/c1-3-20-14-7-6-12(19-2)8-13(14)17-15(18)10-16-9-11-4-5-11;/h6-8,11,16H,3-5,9-10H2,1-2H3,(H,17,18);1H. The largest absolute Gasteiger partial charge is 0.497 e. The summed E-state index contributed by atoms with van der Waals surface area (Å²) < 4.78 is 10.7. The summed E-state index contributed by atoms with van der Waals surface area (Å²) in [5, 5.41) is 6.02. The maximum atomic E-state index is 11.9. The van der Waals surface area contributed by atoms with Crippen molar-refractivity contribution in [1.82, 2.24) is 5.32 Å². The summed E-state index contributed by atoms with van der Waals surface area (Å²) in [5.74, 6) is 2.04. The number of carbonyl (C=O) groups is 1. The van der Waals surface area contributed by atoms with Gasteiger partial charge in [-0.1, -0.05) is 0 Å². The molecule has 2 N–H and O–H groups in total. The number of anilines is 1. The molecule has 1 aliphatic carbocycles. The van der Waals surface area contributed by atoms with E-state index in [4.69, 9.17) is 9.47 Å². The van der Waals surface area contributed by atoms with Crippen molar-refractivity contribution in [1.29, 1.82) is 0 Å². The fourth-order valence-electron chi connectivity index (χ4n) is 1.92. The molecule has 1 saturated carbocycles. The van der Waals surface area contributed by atoms with Crippen molar-refractivity contribution in [2.24, 2.45) is 5.92 Å². The molecule has 21 heavy (non-hydrogen) atoms. The normalized spacial score (nSPS) is 13.2. The average Bonchev–Trinajstić information content (AvgIpc) is 3.25. The van der Waals surface area contributed by atoms with Crippen LogP contribution in [-0.2, 0) is 4.79 Å². The van der Waals surface area contributed by atoms with Gasteiger partial charge in [-0.15, -0.1) is 12.4 Å². The Morgan fingerprint density at radius 3 is 2.76 bits per heavy atom. The zero-order valence-corrected chi connectivity index (χ0v) is 13.3. The first kappa shape index (κ1) is 17.6. The Morgan fingerprint density at radius 2 is 2.14 bits per heavy atom. The predicted octanol–water partition coefficient (Wildman–Crippen LogP) is 2.45. The van der Waals surface area contributed by atoms with Crippen LogP contribution in [0, 0.1) is 5.92 Å². The molecule has 2 rings (SSSR count). The number of ether oxygens (including phenoxy) is 2. The monoisotopic (exact) mass is 314 g/mol. The van der Waals surface area contributed by atoms with Gasteiger partial charge in [0.25, 0.3) is 0 Å². The second-order valence-electron chi connectivity index (χ2n) is 4.92. The third kappa shape index (κ3) is 5.81. The molecular weight excluding hydrogens is 292 g/mol. The number of amides is 1. The molecule has 1 amide bonds. The lowest BCUT2D eigenvalue weighted by atomic mass is 10.2. The van der Waals surface area contributed by atoms with Crippen molar-refractivity contribution in [2.45, 2.75) is 19.8 Å².